The van der Waals surface area contributed by atoms with Gasteiger partial charge in [-0.05, 0) is 36.1 Å². The Morgan fingerprint density at radius 2 is 1.17 bits per heavy atom. The summed E-state index contributed by atoms with van der Waals surface area (Å²) < 4.78 is 0. The zero-order valence-electron chi connectivity index (χ0n) is 10.0. The molecule has 0 fully saturated rings. The Balaban J connectivity index is 2.06. The molecule has 0 saturated heterocycles. The maximum absolute atomic E-state index is 10.7. The van der Waals surface area contributed by atoms with Gasteiger partial charge in [0, 0.05) is 11.1 Å². The van der Waals surface area contributed by atoms with E-state index in [9.17, 15) is 9.59 Å². The van der Waals surface area contributed by atoms with Gasteiger partial charge in [-0.15, -0.1) is 0 Å². The summed E-state index contributed by atoms with van der Waals surface area (Å²) in [6.45, 7) is 0. The van der Waals surface area contributed by atoms with Crippen LogP contribution in [0.1, 0.15) is 31.8 Å². The third-order valence-corrected chi connectivity index (χ3v) is 2.88. The Hall–Kier alpha value is -2.22. The van der Waals surface area contributed by atoms with Crippen molar-refractivity contribution < 1.29 is 9.59 Å². The molecule has 0 spiro atoms. The molecule has 0 unspecified atom stereocenters. The molecular formula is C16H14O2. The number of aldehydes is 2. The fraction of sp³-hybridized carbons (Fsp3) is 0.125. The van der Waals surface area contributed by atoms with E-state index in [2.05, 4.69) is 0 Å². The fourth-order valence-electron chi connectivity index (χ4n) is 1.93. The molecule has 2 aromatic rings. The van der Waals surface area contributed by atoms with Crippen molar-refractivity contribution in [3.63, 3.8) is 0 Å². The van der Waals surface area contributed by atoms with Gasteiger partial charge in [0.1, 0.15) is 12.6 Å². The Bertz CT molecular complexity index is 507. The molecule has 0 radical (unpaired) electrons. The molecular weight excluding hydrogens is 224 g/mol. The molecule has 0 aliphatic rings. The third-order valence-electron chi connectivity index (χ3n) is 2.88. The van der Waals surface area contributed by atoms with Gasteiger partial charge in [0.05, 0.1) is 0 Å². The SMILES string of the molecule is O=Cc1cccc(CCc2cccc(C=O)c2)c1. The van der Waals surface area contributed by atoms with Gasteiger partial charge >= 0.3 is 0 Å². The first kappa shape index (κ1) is 12.2. The summed E-state index contributed by atoms with van der Waals surface area (Å²) in [6, 6.07) is 15.2. The van der Waals surface area contributed by atoms with Crippen molar-refractivity contribution in [2.75, 3.05) is 0 Å². The predicted octanol–water partition coefficient (Wildman–Crippen LogP) is 3.10. The summed E-state index contributed by atoms with van der Waals surface area (Å²) in [6.07, 6.45) is 3.45. The topological polar surface area (TPSA) is 34.1 Å². The molecule has 0 heterocycles. The van der Waals surface area contributed by atoms with Gasteiger partial charge in [0.15, 0.2) is 0 Å². The standard InChI is InChI=1S/C16H14O2/c17-11-15-5-1-3-13(9-15)7-8-14-4-2-6-16(10-14)12-18/h1-6,9-12H,7-8H2. The van der Waals surface area contributed by atoms with Crippen LogP contribution in [0.25, 0.3) is 0 Å². The van der Waals surface area contributed by atoms with Gasteiger partial charge in [-0.2, -0.15) is 0 Å². The van der Waals surface area contributed by atoms with Gasteiger partial charge in [-0.1, -0.05) is 36.4 Å². The van der Waals surface area contributed by atoms with Crippen molar-refractivity contribution in [1.29, 1.82) is 0 Å². The lowest BCUT2D eigenvalue weighted by atomic mass is 10.0. The van der Waals surface area contributed by atoms with Crippen molar-refractivity contribution >= 4 is 12.6 Å². The number of benzene rings is 2. The zero-order valence-corrected chi connectivity index (χ0v) is 10.0. The molecule has 0 N–H and O–H groups in total. The van der Waals surface area contributed by atoms with Crippen LogP contribution in [0.4, 0.5) is 0 Å². The molecule has 0 bridgehead atoms. The largest absolute Gasteiger partial charge is 0.298 e. The number of hydrogen-bond acceptors (Lipinski definition) is 2. The summed E-state index contributed by atoms with van der Waals surface area (Å²) in [4.78, 5) is 21.4. The van der Waals surface area contributed by atoms with Crippen LogP contribution in [0.5, 0.6) is 0 Å². The number of aryl methyl sites for hydroxylation is 2. The third kappa shape index (κ3) is 3.14. The van der Waals surface area contributed by atoms with E-state index in [1.54, 1.807) is 12.1 Å². The van der Waals surface area contributed by atoms with Crippen LogP contribution in [0.15, 0.2) is 48.5 Å². The van der Waals surface area contributed by atoms with E-state index >= 15 is 0 Å². The summed E-state index contributed by atoms with van der Waals surface area (Å²) >= 11 is 0. The zero-order chi connectivity index (χ0) is 12.8. The lowest BCUT2D eigenvalue weighted by molar-refractivity contribution is 0.111. The molecule has 2 nitrogen and oxygen atoms in total. The Morgan fingerprint density at radius 3 is 1.56 bits per heavy atom. The molecule has 0 aliphatic heterocycles. The maximum Gasteiger partial charge on any atom is 0.150 e. The second-order valence-electron chi connectivity index (χ2n) is 4.23. The second-order valence-corrected chi connectivity index (χ2v) is 4.23. The molecule has 90 valence electrons. The summed E-state index contributed by atoms with van der Waals surface area (Å²) in [5.41, 5.74) is 3.68. The first-order valence-corrected chi connectivity index (χ1v) is 5.90. The molecule has 0 amide bonds. The fourth-order valence-corrected chi connectivity index (χ4v) is 1.93. The van der Waals surface area contributed by atoms with E-state index < -0.39 is 0 Å². The molecule has 2 rings (SSSR count). The summed E-state index contributed by atoms with van der Waals surface area (Å²) in [5.74, 6) is 0. The highest BCUT2D eigenvalue weighted by Crippen LogP contribution is 2.10. The van der Waals surface area contributed by atoms with Gasteiger partial charge in [-0.3, -0.25) is 9.59 Å². The van der Waals surface area contributed by atoms with Gasteiger partial charge in [0.2, 0.25) is 0 Å². The maximum atomic E-state index is 10.7. The summed E-state index contributed by atoms with van der Waals surface area (Å²) in [7, 11) is 0. The van der Waals surface area contributed by atoms with E-state index in [4.69, 9.17) is 0 Å². The Labute approximate surface area is 106 Å². The minimum Gasteiger partial charge on any atom is -0.298 e. The molecule has 18 heavy (non-hydrogen) atoms. The highest BCUT2D eigenvalue weighted by Gasteiger charge is 1.98. The quantitative estimate of drug-likeness (QED) is 0.750. The van der Waals surface area contributed by atoms with Crippen LogP contribution >= 0.6 is 0 Å². The van der Waals surface area contributed by atoms with E-state index in [-0.39, 0.29) is 0 Å². The first-order valence-electron chi connectivity index (χ1n) is 5.90. The van der Waals surface area contributed by atoms with Crippen LogP contribution in [0.2, 0.25) is 0 Å². The minimum absolute atomic E-state index is 0.703. The van der Waals surface area contributed by atoms with Crippen LogP contribution in [-0.2, 0) is 12.8 Å². The van der Waals surface area contributed by atoms with Gasteiger partial charge in [0.25, 0.3) is 0 Å². The van der Waals surface area contributed by atoms with E-state index in [0.717, 1.165) is 36.5 Å². The van der Waals surface area contributed by atoms with Crippen LogP contribution in [0, 0.1) is 0 Å². The van der Waals surface area contributed by atoms with E-state index in [1.165, 1.54) is 0 Å². The van der Waals surface area contributed by atoms with Crippen LogP contribution < -0.4 is 0 Å². The first-order chi connectivity index (χ1) is 8.81. The van der Waals surface area contributed by atoms with Crippen molar-refractivity contribution in [3.8, 4) is 0 Å². The van der Waals surface area contributed by atoms with Crippen molar-refractivity contribution in [1.82, 2.24) is 0 Å². The van der Waals surface area contributed by atoms with Gasteiger partial charge in [-0.25, -0.2) is 0 Å². The number of carbonyl (C=O) groups is 2. The monoisotopic (exact) mass is 238 g/mol. The molecule has 0 atom stereocenters. The molecule has 2 aromatic carbocycles. The van der Waals surface area contributed by atoms with Crippen LogP contribution in [-0.4, -0.2) is 12.6 Å². The van der Waals surface area contributed by atoms with E-state index in [1.807, 2.05) is 36.4 Å². The minimum atomic E-state index is 0.703. The Morgan fingerprint density at radius 1 is 0.722 bits per heavy atom. The second kappa shape index (κ2) is 5.92. The highest BCUT2D eigenvalue weighted by molar-refractivity contribution is 5.75. The predicted molar refractivity (Wildman–Crippen MR) is 71.1 cm³/mol. The lowest BCUT2D eigenvalue weighted by Gasteiger charge is -2.03. The summed E-state index contributed by atoms with van der Waals surface area (Å²) in [5, 5.41) is 0. The number of hydrogen-bond donors (Lipinski definition) is 0. The van der Waals surface area contributed by atoms with Gasteiger partial charge < -0.3 is 0 Å². The van der Waals surface area contributed by atoms with Crippen molar-refractivity contribution in [2.45, 2.75) is 12.8 Å². The highest BCUT2D eigenvalue weighted by atomic mass is 16.1. The molecule has 0 aliphatic carbocycles. The molecule has 0 saturated carbocycles. The van der Waals surface area contributed by atoms with E-state index in [0.29, 0.717) is 11.1 Å². The average molecular weight is 238 g/mol. The smallest absolute Gasteiger partial charge is 0.150 e. The normalized spacial score (nSPS) is 10.0. The average Bonchev–Trinajstić information content (AvgIpc) is 2.45. The van der Waals surface area contributed by atoms with Crippen molar-refractivity contribution in [3.05, 3.63) is 70.8 Å². The van der Waals surface area contributed by atoms with Crippen molar-refractivity contribution in [2.24, 2.45) is 0 Å². The molecule has 0 aromatic heterocycles. The number of carbonyl (C=O) groups excluding carboxylic acids is 2. The molecule has 2 heteroatoms. The Kier molecular flexibility index (Phi) is 4.02. The number of rotatable bonds is 5. The van der Waals surface area contributed by atoms with Crippen LogP contribution in [0.3, 0.4) is 0 Å². The lowest BCUT2D eigenvalue weighted by Crippen LogP contribution is -1.93.